The van der Waals surface area contributed by atoms with Gasteiger partial charge in [-0.3, -0.25) is 10.1 Å². The molecule has 1 aromatic carbocycles. The molecule has 0 aromatic heterocycles. The first-order valence-electron chi connectivity index (χ1n) is 6.54. The first kappa shape index (κ1) is 17.1. The monoisotopic (exact) mass is 326 g/mol. The number of benzene rings is 1. The summed E-state index contributed by atoms with van der Waals surface area (Å²) in [6.07, 6.45) is -7.29. The summed E-state index contributed by atoms with van der Waals surface area (Å²) < 4.78 is 10.2. The fraction of sp³-hybridized carbons (Fsp3) is 0.462. The van der Waals surface area contributed by atoms with Gasteiger partial charge in [0.15, 0.2) is 12.4 Å². The molecule has 124 valence electrons. The zero-order valence-corrected chi connectivity index (χ0v) is 11.6. The number of hydrogen-bond acceptors (Lipinski definition) is 9. The molecule has 1 aliphatic rings. The molecule has 0 spiro atoms. The summed E-state index contributed by atoms with van der Waals surface area (Å²) in [5, 5.41) is 58.1. The summed E-state index contributed by atoms with van der Waals surface area (Å²) in [4.78, 5) is 10.0. The molecule has 0 unspecified atom stereocenters. The first-order chi connectivity index (χ1) is 10.9. The second-order valence-corrected chi connectivity index (χ2v) is 4.86. The highest BCUT2D eigenvalue weighted by Gasteiger charge is 2.45. The highest BCUT2D eigenvalue weighted by Crippen LogP contribution is 2.28. The molecular formula is C13H14N2O8. The molecule has 0 amide bonds. The van der Waals surface area contributed by atoms with E-state index in [2.05, 4.69) is 0 Å². The predicted octanol–water partition coefficient (Wildman–Crippen LogP) is -1.35. The van der Waals surface area contributed by atoms with Gasteiger partial charge in [0.05, 0.1) is 11.5 Å². The van der Waals surface area contributed by atoms with Gasteiger partial charge in [0.1, 0.15) is 35.7 Å². The van der Waals surface area contributed by atoms with Crippen LogP contribution in [0.15, 0.2) is 18.2 Å². The second-order valence-electron chi connectivity index (χ2n) is 4.86. The van der Waals surface area contributed by atoms with Crippen LogP contribution in [0, 0.1) is 21.4 Å². The molecule has 0 bridgehead atoms. The van der Waals surface area contributed by atoms with E-state index in [0.717, 1.165) is 12.1 Å². The molecule has 23 heavy (non-hydrogen) atoms. The SMILES string of the molecule is N#Cc1cc(O[C@@H]2[C@@H](O)[C@@H](O)[C@@H](CO)O[C@H]2O)ccc1[N+](=O)[O-]. The number of nitro groups is 1. The molecule has 0 saturated carbocycles. The fourth-order valence-corrected chi connectivity index (χ4v) is 2.19. The molecule has 1 saturated heterocycles. The van der Waals surface area contributed by atoms with Gasteiger partial charge in [-0.1, -0.05) is 0 Å². The van der Waals surface area contributed by atoms with E-state index in [1.165, 1.54) is 6.07 Å². The van der Waals surface area contributed by atoms with Gasteiger partial charge in [-0.05, 0) is 6.07 Å². The van der Waals surface area contributed by atoms with Gasteiger partial charge in [0.2, 0.25) is 0 Å². The van der Waals surface area contributed by atoms with E-state index in [9.17, 15) is 25.4 Å². The highest BCUT2D eigenvalue weighted by atomic mass is 16.7. The van der Waals surface area contributed by atoms with Crippen LogP contribution >= 0.6 is 0 Å². The Balaban J connectivity index is 2.22. The van der Waals surface area contributed by atoms with Crippen LogP contribution in [0.3, 0.4) is 0 Å². The maximum Gasteiger partial charge on any atom is 0.287 e. The average Bonchev–Trinajstić information content (AvgIpc) is 2.54. The maximum absolute atomic E-state index is 10.8. The summed E-state index contributed by atoms with van der Waals surface area (Å²) in [7, 11) is 0. The number of aliphatic hydroxyl groups is 4. The summed E-state index contributed by atoms with van der Waals surface area (Å²) in [6, 6.07) is 4.94. The molecule has 10 heteroatoms. The molecule has 1 aromatic rings. The summed E-state index contributed by atoms with van der Waals surface area (Å²) >= 11 is 0. The number of hydrogen-bond donors (Lipinski definition) is 4. The van der Waals surface area contributed by atoms with Crippen molar-refractivity contribution < 1.29 is 34.8 Å². The van der Waals surface area contributed by atoms with E-state index in [1.54, 1.807) is 6.07 Å². The third-order valence-corrected chi connectivity index (χ3v) is 3.40. The van der Waals surface area contributed by atoms with Crippen molar-refractivity contribution in [3.8, 4) is 11.8 Å². The Morgan fingerprint density at radius 2 is 2.04 bits per heavy atom. The van der Waals surface area contributed by atoms with Crippen molar-refractivity contribution in [2.24, 2.45) is 0 Å². The largest absolute Gasteiger partial charge is 0.482 e. The molecule has 0 radical (unpaired) electrons. The highest BCUT2D eigenvalue weighted by molar-refractivity contribution is 5.52. The van der Waals surface area contributed by atoms with Crippen molar-refractivity contribution in [1.29, 1.82) is 5.26 Å². The minimum absolute atomic E-state index is 0.0338. The van der Waals surface area contributed by atoms with Crippen LogP contribution in [-0.4, -0.2) is 62.7 Å². The molecule has 1 aliphatic heterocycles. The van der Waals surface area contributed by atoms with E-state index in [4.69, 9.17) is 19.8 Å². The Morgan fingerprint density at radius 3 is 2.61 bits per heavy atom. The standard InChI is InChI=1S/C13H14N2O8/c14-4-6-3-7(1-2-8(6)15(20)21)22-12-11(18)10(17)9(5-16)23-13(12)19/h1-3,9-13,16-19H,5H2/t9-,10+,11+,12-,13-/m1/s1. The van der Waals surface area contributed by atoms with E-state index >= 15 is 0 Å². The smallest absolute Gasteiger partial charge is 0.287 e. The Bertz CT molecular complexity index is 631. The number of aliphatic hydroxyl groups excluding tert-OH is 4. The lowest BCUT2D eigenvalue weighted by Gasteiger charge is -2.39. The van der Waals surface area contributed by atoms with Crippen molar-refractivity contribution >= 4 is 5.69 Å². The lowest BCUT2D eigenvalue weighted by atomic mass is 9.99. The van der Waals surface area contributed by atoms with Gasteiger partial charge in [-0.15, -0.1) is 0 Å². The van der Waals surface area contributed by atoms with Gasteiger partial charge < -0.3 is 29.9 Å². The Kier molecular flexibility index (Phi) is 5.09. The Labute approximate surface area is 129 Å². The minimum Gasteiger partial charge on any atom is -0.482 e. The maximum atomic E-state index is 10.8. The first-order valence-corrected chi connectivity index (χ1v) is 6.54. The van der Waals surface area contributed by atoms with Gasteiger partial charge in [0.25, 0.3) is 5.69 Å². The van der Waals surface area contributed by atoms with Crippen LogP contribution in [0.5, 0.6) is 5.75 Å². The van der Waals surface area contributed by atoms with Crippen molar-refractivity contribution in [2.75, 3.05) is 6.61 Å². The second kappa shape index (κ2) is 6.86. The fourth-order valence-electron chi connectivity index (χ4n) is 2.19. The van der Waals surface area contributed by atoms with Gasteiger partial charge in [-0.2, -0.15) is 5.26 Å². The molecule has 10 nitrogen and oxygen atoms in total. The summed E-state index contributed by atoms with van der Waals surface area (Å²) in [5.41, 5.74) is -0.678. The van der Waals surface area contributed by atoms with E-state index in [1.807, 2.05) is 0 Å². The van der Waals surface area contributed by atoms with Gasteiger partial charge in [0, 0.05) is 12.1 Å². The van der Waals surface area contributed by atoms with Crippen LogP contribution < -0.4 is 4.74 Å². The van der Waals surface area contributed by atoms with Gasteiger partial charge >= 0.3 is 0 Å². The summed E-state index contributed by atoms with van der Waals surface area (Å²) in [5.74, 6) is -0.0338. The third-order valence-electron chi connectivity index (χ3n) is 3.40. The van der Waals surface area contributed by atoms with Crippen LogP contribution in [-0.2, 0) is 4.74 Å². The topological polar surface area (TPSA) is 166 Å². The van der Waals surface area contributed by atoms with Crippen LogP contribution in [0.25, 0.3) is 0 Å². The average molecular weight is 326 g/mol. The normalized spacial score (nSPS) is 30.5. The van der Waals surface area contributed by atoms with Crippen LogP contribution in [0.4, 0.5) is 5.69 Å². The van der Waals surface area contributed by atoms with Crippen LogP contribution in [0.2, 0.25) is 0 Å². The van der Waals surface area contributed by atoms with Crippen molar-refractivity contribution in [2.45, 2.75) is 30.7 Å². The molecule has 1 heterocycles. The quantitative estimate of drug-likeness (QED) is 0.386. The lowest BCUT2D eigenvalue weighted by Crippen LogP contribution is -2.60. The Morgan fingerprint density at radius 1 is 1.35 bits per heavy atom. The number of rotatable bonds is 4. The molecule has 0 aliphatic carbocycles. The van der Waals surface area contributed by atoms with E-state index < -0.39 is 47.9 Å². The van der Waals surface area contributed by atoms with E-state index in [-0.39, 0.29) is 11.3 Å². The minimum atomic E-state index is -1.65. The molecule has 5 atom stereocenters. The van der Waals surface area contributed by atoms with Crippen molar-refractivity contribution in [1.82, 2.24) is 0 Å². The zero-order valence-electron chi connectivity index (χ0n) is 11.6. The van der Waals surface area contributed by atoms with Gasteiger partial charge in [-0.25, -0.2) is 0 Å². The molecule has 1 fully saturated rings. The number of nitro benzene ring substituents is 1. The predicted molar refractivity (Wildman–Crippen MR) is 72.2 cm³/mol. The van der Waals surface area contributed by atoms with Crippen molar-refractivity contribution in [3.63, 3.8) is 0 Å². The number of nitriles is 1. The Hall–Kier alpha value is -2.29. The lowest BCUT2D eigenvalue weighted by molar-refractivity contribution is -0.385. The van der Waals surface area contributed by atoms with Crippen LogP contribution in [0.1, 0.15) is 5.56 Å². The third kappa shape index (κ3) is 3.39. The molecule has 2 rings (SSSR count). The van der Waals surface area contributed by atoms with E-state index in [0.29, 0.717) is 0 Å². The molecule has 4 N–H and O–H groups in total. The number of ether oxygens (including phenoxy) is 2. The zero-order chi connectivity index (χ0) is 17.1. The number of nitrogens with zero attached hydrogens (tertiary/aromatic N) is 2. The molecular weight excluding hydrogens is 312 g/mol. The van der Waals surface area contributed by atoms with Crippen molar-refractivity contribution in [3.05, 3.63) is 33.9 Å². The summed E-state index contributed by atoms with van der Waals surface area (Å²) in [6.45, 7) is -0.613.